The van der Waals surface area contributed by atoms with Crippen molar-refractivity contribution in [3.63, 3.8) is 0 Å². The second kappa shape index (κ2) is 9.20. The summed E-state index contributed by atoms with van der Waals surface area (Å²) in [7, 11) is 0. The standard InChI is InChI=1S/C25H25ClN6O2S/c1-2-34-25(33)20-13-3-5-14(6-4-13)21(20)31-19-9-17(15-7-8-35-12-15)29-23(32-19)16-10-27-24-22(16)30-18(26)11-28-24/h7-14,20-21H,2-6H2,1H3,(H,27,28)(H,29,31,32)/t13?,14?,20-,21-/m0/s1. The van der Waals surface area contributed by atoms with Crippen LogP contribution in [0.2, 0.25) is 5.15 Å². The molecule has 3 aliphatic carbocycles. The van der Waals surface area contributed by atoms with E-state index >= 15 is 0 Å². The highest BCUT2D eigenvalue weighted by molar-refractivity contribution is 7.08. The maximum Gasteiger partial charge on any atom is 0.311 e. The molecule has 4 aromatic heterocycles. The maximum absolute atomic E-state index is 12.9. The highest BCUT2D eigenvalue weighted by Crippen LogP contribution is 2.47. The molecule has 7 rings (SSSR count). The minimum absolute atomic E-state index is 0.0168. The van der Waals surface area contributed by atoms with Gasteiger partial charge in [-0.3, -0.25) is 4.79 Å². The predicted molar refractivity (Wildman–Crippen MR) is 136 cm³/mol. The molecular formula is C25H25ClN6O2S. The first-order valence-electron chi connectivity index (χ1n) is 12.0. The van der Waals surface area contributed by atoms with Crippen LogP contribution in [-0.2, 0) is 9.53 Å². The van der Waals surface area contributed by atoms with Crippen molar-refractivity contribution < 1.29 is 9.53 Å². The monoisotopic (exact) mass is 508 g/mol. The molecule has 3 saturated carbocycles. The van der Waals surface area contributed by atoms with Crippen molar-refractivity contribution in [2.45, 2.75) is 38.6 Å². The topological polar surface area (TPSA) is 106 Å². The van der Waals surface area contributed by atoms with Crippen molar-refractivity contribution in [3.05, 3.63) is 40.4 Å². The lowest BCUT2D eigenvalue weighted by Gasteiger charge is -2.47. The molecule has 0 aromatic carbocycles. The number of H-pyrrole nitrogens is 1. The van der Waals surface area contributed by atoms with Crippen LogP contribution in [0.5, 0.6) is 0 Å². The Morgan fingerprint density at radius 1 is 1.23 bits per heavy atom. The van der Waals surface area contributed by atoms with Crippen LogP contribution in [-0.4, -0.2) is 43.5 Å². The summed E-state index contributed by atoms with van der Waals surface area (Å²) in [6.07, 6.45) is 7.70. The second-order valence-corrected chi connectivity index (χ2v) is 10.4. The summed E-state index contributed by atoms with van der Waals surface area (Å²) in [4.78, 5) is 34.6. The lowest BCUT2D eigenvalue weighted by atomic mass is 9.61. The molecule has 2 N–H and O–H groups in total. The average Bonchev–Trinajstić information content (AvgIpc) is 3.55. The summed E-state index contributed by atoms with van der Waals surface area (Å²) in [6.45, 7) is 2.26. The summed E-state index contributed by atoms with van der Waals surface area (Å²) in [5, 5.41) is 8.04. The Labute approximate surface area is 211 Å². The Balaban J connectivity index is 1.42. The molecule has 0 spiro atoms. The van der Waals surface area contributed by atoms with Crippen LogP contribution >= 0.6 is 22.9 Å². The maximum atomic E-state index is 12.9. The van der Waals surface area contributed by atoms with Crippen molar-refractivity contribution >= 4 is 45.9 Å². The number of fused-ring (bicyclic) bond motifs is 4. The fourth-order valence-electron chi connectivity index (χ4n) is 5.65. The number of nitrogens with zero attached hydrogens (tertiary/aromatic N) is 4. The van der Waals surface area contributed by atoms with E-state index in [1.54, 1.807) is 11.3 Å². The van der Waals surface area contributed by atoms with E-state index in [1.807, 2.05) is 30.6 Å². The van der Waals surface area contributed by atoms with Gasteiger partial charge >= 0.3 is 5.97 Å². The molecule has 4 heterocycles. The van der Waals surface area contributed by atoms with Gasteiger partial charge in [0.2, 0.25) is 0 Å². The molecule has 2 atom stereocenters. The number of carbonyl (C=O) groups is 1. The number of esters is 1. The summed E-state index contributed by atoms with van der Waals surface area (Å²) < 4.78 is 5.48. The first-order chi connectivity index (χ1) is 17.1. The van der Waals surface area contributed by atoms with Crippen molar-refractivity contribution in [2.24, 2.45) is 17.8 Å². The van der Waals surface area contributed by atoms with Gasteiger partial charge in [0.25, 0.3) is 0 Å². The van der Waals surface area contributed by atoms with E-state index in [4.69, 9.17) is 26.3 Å². The molecule has 3 aliphatic rings. The van der Waals surface area contributed by atoms with Crippen molar-refractivity contribution in [1.82, 2.24) is 24.9 Å². The Hall–Kier alpha value is -3.04. The van der Waals surface area contributed by atoms with E-state index in [0.29, 0.717) is 46.4 Å². The third-order valence-electron chi connectivity index (χ3n) is 7.23. The van der Waals surface area contributed by atoms with Gasteiger partial charge in [0.05, 0.1) is 30.0 Å². The Bertz CT molecular complexity index is 1370. The summed E-state index contributed by atoms with van der Waals surface area (Å²) in [5.74, 6) is 1.70. The summed E-state index contributed by atoms with van der Waals surface area (Å²) in [6, 6.07) is 3.98. The number of thiophene rings is 1. The number of aromatic amines is 1. The predicted octanol–water partition coefficient (Wildman–Crippen LogP) is 5.58. The van der Waals surface area contributed by atoms with E-state index in [0.717, 1.165) is 42.5 Å². The van der Waals surface area contributed by atoms with Gasteiger partial charge in [-0.05, 0) is 55.9 Å². The molecular weight excluding hydrogens is 484 g/mol. The SMILES string of the molecule is CCOC(=O)[C@H]1C2CCC(CC2)[C@@H]1Nc1cc(-c2ccsc2)nc(-c2c[nH]c3ncc(Cl)nc23)n1. The molecule has 8 nitrogen and oxygen atoms in total. The number of nitrogens with one attached hydrogen (secondary N) is 2. The molecule has 3 fully saturated rings. The van der Waals surface area contributed by atoms with Crippen LogP contribution in [0.1, 0.15) is 32.6 Å². The Morgan fingerprint density at radius 3 is 2.83 bits per heavy atom. The minimum atomic E-state index is -0.164. The molecule has 0 saturated heterocycles. The zero-order valence-corrected chi connectivity index (χ0v) is 20.8. The summed E-state index contributed by atoms with van der Waals surface area (Å²) >= 11 is 7.75. The summed E-state index contributed by atoms with van der Waals surface area (Å²) in [5.41, 5.74) is 3.78. The number of ether oxygens (including phenoxy) is 1. The Kier molecular flexibility index (Phi) is 5.89. The van der Waals surface area contributed by atoms with E-state index in [2.05, 4.69) is 25.6 Å². The molecule has 0 amide bonds. The molecule has 10 heteroatoms. The van der Waals surface area contributed by atoms with Crippen molar-refractivity contribution in [3.8, 4) is 22.6 Å². The third-order valence-corrected chi connectivity index (χ3v) is 8.09. The Morgan fingerprint density at radius 2 is 2.06 bits per heavy atom. The van der Waals surface area contributed by atoms with E-state index in [1.165, 1.54) is 6.20 Å². The molecule has 4 aromatic rings. The number of carbonyl (C=O) groups excluding carboxylic acids is 1. The van der Waals surface area contributed by atoms with Crippen LogP contribution in [0.3, 0.4) is 0 Å². The van der Waals surface area contributed by atoms with Crippen LogP contribution in [0.15, 0.2) is 35.3 Å². The van der Waals surface area contributed by atoms with Crippen molar-refractivity contribution in [2.75, 3.05) is 11.9 Å². The van der Waals surface area contributed by atoms with Gasteiger partial charge in [-0.1, -0.05) is 11.6 Å². The number of aromatic nitrogens is 5. The highest BCUT2D eigenvalue weighted by Gasteiger charge is 2.48. The quantitative estimate of drug-likeness (QED) is 0.327. The van der Waals surface area contributed by atoms with Crippen LogP contribution in [0.4, 0.5) is 5.82 Å². The number of hydrogen-bond donors (Lipinski definition) is 2. The number of anilines is 1. The van der Waals surface area contributed by atoms with E-state index in [-0.39, 0.29) is 17.9 Å². The van der Waals surface area contributed by atoms with E-state index in [9.17, 15) is 4.79 Å². The van der Waals surface area contributed by atoms with Crippen LogP contribution in [0, 0.1) is 17.8 Å². The largest absolute Gasteiger partial charge is 0.466 e. The fraction of sp³-hybridized carbons (Fsp3) is 0.400. The molecule has 0 unspecified atom stereocenters. The first kappa shape index (κ1) is 22.4. The van der Waals surface area contributed by atoms with Gasteiger partial charge in [-0.15, -0.1) is 0 Å². The van der Waals surface area contributed by atoms with Gasteiger partial charge in [-0.2, -0.15) is 11.3 Å². The van der Waals surface area contributed by atoms with Crippen LogP contribution in [0.25, 0.3) is 33.8 Å². The first-order valence-corrected chi connectivity index (χ1v) is 13.3. The smallest absolute Gasteiger partial charge is 0.311 e. The molecule has 180 valence electrons. The molecule has 0 aliphatic heterocycles. The van der Waals surface area contributed by atoms with Gasteiger partial charge in [0, 0.05) is 29.2 Å². The zero-order valence-electron chi connectivity index (χ0n) is 19.2. The highest BCUT2D eigenvalue weighted by atomic mass is 35.5. The second-order valence-electron chi connectivity index (χ2n) is 9.19. The lowest BCUT2D eigenvalue weighted by molar-refractivity contribution is -0.154. The van der Waals surface area contributed by atoms with Crippen molar-refractivity contribution in [1.29, 1.82) is 0 Å². The normalized spacial score (nSPS) is 23.5. The number of hydrogen-bond acceptors (Lipinski definition) is 8. The van der Waals surface area contributed by atoms with Gasteiger partial charge in [0.1, 0.15) is 16.5 Å². The fourth-order valence-corrected chi connectivity index (χ4v) is 6.43. The molecule has 2 bridgehead atoms. The van der Waals surface area contributed by atoms with Gasteiger partial charge in [0.15, 0.2) is 11.5 Å². The van der Waals surface area contributed by atoms with Crippen LogP contribution < -0.4 is 5.32 Å². The molecule has 35 heavy (non-hydrogen) atoms. The third kappa shape index (κ3) is 4.16. The lowest BCUT2D eigenvalue weighted by Crippen LogP contribution is -2.52. The number of rotatable bonds is 6. The average molecular weight is 509 g/mol. The van der Waals surface area contributed by atoms with Gasteiger partial charge in [-0.25, -0.2) is 19.9 Å². The molecule has 0 radical (unpaired) electrons. The zero-order chi connectivity index (χ0) is 23.9. The minimum Gasteiger partial charge on any atom is -0.466 e. The number of halogens is 1. The van der Waals surface area contributed by atoms with E-state index < -0.39 is 0 Å². The van der Waals surface area contributed by atoms with Gasteiger partial charge < -0.3 is 15.0 Å².